The van der Waals surface area contributed by atoms with Gasteiger partial charge in [0.2, 0.25) is 5.91 Å². The predicted octanol–water partition coefficient (Wildman–Crippen LogP) is 2.87. The second-order valence-electron chi connectivity index (χ2n) is 6.61. The second-order valence-corrected chi connectivity index (χ2v) is 9.46. The van der Waals surface area contributed by atoms with Gasteiger partial charge in [0.25, 0.3) is 10.0 Å². The molecule has 0 spiro atoms. The zero-order chi connectivity index (χ0) is 20.9. The maximum absolute atomic E-state index is 12.2. The van der Waals surface area contributed by atoms with Crippen LogP contribution in [0.4, 0.5) is 11.5 Å². The van der Waals surface area contributed by atoms with Gasteiger partial charge in [-0.05, 0) is 40.8 Å². The van der Waals surface area contributed by atoms with Gasteiger partial charge in [-0.15, -0.1) is 11.3 Å². The number of thiophene rings is 1. The molecule has 0 saturated carbocycles. The van der Waals surface area contributed by atoms with Gasteiger partial charge in [-0.25, -0.2) is 13.4 Å². The van der Waals surface area contributed by atoms with Crippen molar-refractivity contribution in [3.05, 3.63) is 71.2 Å². The lowest BCUT2D eigenvalue weighted by Crippen LogP contribution is -2.24. The number of aromatic nitrogens is 1. The van der Waals surface area contributed by atoms with Crippen LogP contribution in [0.25, 0.3) is 0 Å². The molecule has 0 bridgehead atoms. The third-order valence-corrected chi connectivity index (χ3v) is 6.87. The van der Waals surface area contributed by atoms with Crippen molar-refractivity contribution in [3.63, 3.8) is 0 Å². The van der Waals surface area contributed by atoms with Crippen LogP contribution in [0.15, 0.2) is 64.3 Å². The molecule has 0 aliphatic carbocycles. The first-order valence-electron chi connectivity index (χ1n) is 8.88. The number of hydrogen-bond acceptors (Lipinski definition) is 6. The molecule has 0 saturated heterocycles. The van der Waals surface area contributed by atoms with Crippen molar-refractivity contribution in [1.82, 2.24) is 10.3 Å². The molecule has 2 heterocycles. The van der Waals surface area contributed by atoms with Crippen LogP contribution in [0, 0.1) is 0 Å². The maximum atomic E-state index is 12.2. The smallest absolute Gasteiger partial charge is 0.271 e. The van der Waals surface area contributed by atoms with Crippen molar-refractivity contribution in [3.8, 4) is 0 Å². The maximum Gasteiger partial charge on any atom is 0.271 e. The van der Waals surface area contributed by atoms with Crippen molar-refractivity contribution >= 4 is 38.8 Å². The van der Waals surface area contributed by atoms with Gasteiger partial charge in [0.05, 0.1) is 6.42 Å². The summed E-state index contributed by atoms with van der Waals surface area (Å²) in [6.45, 7) is 0.401. The van der Waals surface area contributed by atoms with Crippen LogP contribution in [0.1, 0.15) is 11.1 Å². The SMILES string of the molecule is CN(C)c1ccc(CNC(=O)Cc2ccc(NS(=O)(=O)c3cccs3)cc2)cn1. The van der Waals surface area contributed by atoms with Gasteiger partial charge >= 0.3 is 0 Å². The molecule has 2 aromatic heterocycles. The van der Waals surface area contributed by atoms with E-state index in [0.29, 0.717) is 12.2 Å². The molecule has 1 amide bonds. The lowest BCUT2D eigenvalue weighted by molar-refractivity contribution is -0.120. The first-order valence-corrected chi connectivity index (χ1v) is 11.2. The average molecular weight is 431 g/mol. The van der Waals surface area contributed by atoms with E-state index in [1.165, 1.54) is 0 Å². The zero-order valence-electron chi connectivity index (χ0n) is 16.1. The Morgan fingerprint density at radius 3 is 2.38 bits per heavy atom. The first kappa shape index (κ1) is 20.8. The molecule has 0 radical (unpaired) electrons. The van der Waals surface area contributed by atoms with Gasteiger partial charge in [-0.2, -0.15) is 0 Å². The molecule has 0 aliphatic heterocycles. The molecule has 0 fully saturated rings. The molecule has 152 valence electrons. The van der Waals surface area contributed by atoms with E-state index in [4.69, 9.17) is 0 Å². The van der Waals surface area contributed by atoms with E-state index in [9.17, 15) is 13.2 Å². The highest BCUT2D eigenvalue weighted by Gasteiger charge is 2.15. The minimum atomic E-state index is -3.57. The van der Waals surface area contributed by atoms with Crippen molar-refractivity contribution < 1.29 is 13.2 Å². The molecule has 29 heavy (non-hydrogen) atoms. The van der Waals surface area contributed by atoms with Crippen LogP contribution < -0.4 is 14.9 Å². The highest BCUT2D eigenvalue weighted by atomic mass is 32.2. The van der Waals surface area contributed by atoms with Crippen molar-refractivity contribution in [2.45, 2.75) is 17.2 Å². The van der Waals surface area contributed by atoms with Crippen LogP contribution in [0.2, 0.25) is 0 Å². The van der Waals surface area contributed by atoms with Crippen LogP contribution in [-0.2, 0) is 27.8 Å². The Balaban J connectivity index is 1.52. The van der Waals surface area contributed by atoms with Gasteiger partial charge in [-0.1, -0.05) is 24.3 Å². The Morgan fingerprint density at radius 2 is 1.79 bits per heavy atom. The monoisotopic (exact) mass is 430 g/mol. The standard InChI is InChI=1S/C20H22N4O3S2/c1-24(2)18-10-7-16(13-21-18)14-22-19(25)12-15-5-8-17(9-6-15)23-29(26,27)20-4-3-11-28-20/h3-11,13,23H,12,14H2,1-2H3,(H,22,25). The van der Waals surface area contributed by atoms with E-state index in [-0.39, 0.29) is 16.5 Å². The van der Waals surface area contributed by atoms with E-state index in [1.54, 1.807) is 48.0 Å². The molecular weight excluding hydrogens is 408 g/mol. The number of nitrogens with zero attached hydrogens (tertiary/aromatic N) is 2. The summed E-state index contributed by atoms with van der Waals surface area (Å²) >= 11 is 1.16. The molecule has 0 atom stereocenters. The summed E-state index contributed by atoms with van der Waals surface area (Å²) in [6.07, 6.45) is 1.95. The molecule has 2 N–H and O–H groups in total. The van der Waals surface area contributed by atoms with Crippen molar-refractivity contribution in [1.29, 1.82) is 0 Å². The first-order chi connectivity index (χ1) is 13.8. The third-order valence-electron chi connectivity index (χ3n) is 4.09. The van der Waals surface area contributed by atoms with Crippen LogP contribution in [0.3, 0.4) is 0 Å². The van der Waals surface area contributed by atoms with Gasteiger partial charge in [0.15, 0.2) is 0 Å². The molecule has 0 aliphatic rings. The Kier molecular flexibility index (Phi) is 6.50. The molecular formula is C20H22N4O3S2. The highest BCUT2D eigenvalue weighted by Crippen LogP contribution is 2.20. The summed E-state index contributed by atoms with van der Waals surface area (Å²) in [5.41, 5.74) is 2.17. The lowest BCUT2D eigenvalue weighted by atomic mass is 10.1. The van der Waals surface area contributed by atoms with Crippen molar-refractivity contribution in [2.75, 3.05) is 23.7 Å². The minimum Gasteiger partial charge on any atom is -0.363 e. The summed E-state index contributed by atoms with van der Waals surface area (Å²) in [6, 6.07) is 13.8. The molecule has 3 rings (SSSR count). The number of carbonyl (C=O) groups excluding carboxylic acids is 1. The number of sulfonamides is 1. The Hall–Kier alpha value is -2.91. The van der Waals surface area contributed by atoms with Crippen molar-refractivity contribution in [2.24, 2.45) is 0 Å². The number of hydrogen-bond donors (Lipinski definition) is 2. The Bertz CT molecular complexity index is 1050. The van der Waals surface area contributed by atoms with Crippen LogP contribution >= 0.6 is 11.3 Å². The molecule has 7 nitrogen and oxygen atoms in total. The fourth-order valence-electron chi connectivity index (χ4n) is 2.55. The number of amides is 1. The highest BCUT2D eigenvalue weighted by molar-refractivity contribution is 7.94. The largest absolute Gasteiger partial charge is 0.363 e. The van der Waals surface area contributed by atoms with Gasteiger partial charge in [0.1, 0.15) is 10.0 Å². The summed E-state index contributed by atoms with van der Waals surface area (Å²) in [4.78, 5) is 18.4. The van der Waals surface area contributed by atoms with E-state index in [2.05, 4.69) is 15.0 Å². The van der Waals surface area contributed by atoms with Gasteiger partial charge in [0, 0.05) is 32.5 Å². The van der Waals surface area contributed by atoms with Crippen LogP contribution in [0.5, 0.6) is 0 Å². The van der Waals surface area contributed by atoms with E-state index >= 15 is 0 Å². The molecule has 9 heteroatoms. The van der Waals surface area contributed by atoms with Gasteiger partial charge in [-0.3, -0.25) is 9.52 Å². The number of benzene rings is 1. The Morgan fingerprint density at radius 1 is 1.07 bits per heavy atom. The number of nitrogens with one attached hydrogen (secondary N) is 2. The summed E-state index contributed by atoms with van der Waals surface area (Å²) in [5.74, 6) is 0.739. The third kappa shape index (κ3) is 5.78. The number of carbonyl (C=O) groups is 1. The summed E-state index contributed by atoms with van der Waals surface area (Å²) in [5, 5.41) is 4.58. The van der Waals surface area contributed by atoms with E-state index in [1.807, 2.05) is 31.1 Å². The number of rotatable bonds is 8. The Labute approximate surface area is 174 Å². The topological polar surface area (TPSA) is 91.4 Å². The van der Waals surface area contributed by atoms with E-state index < -0.39 is 10.0 Å². The normalized spacial score (nSPS) is 11.1. The quantitative estimate of drug-likeness (QED) is 0.573. The fourth-order valence-corrected chi connectivity index (χ4v) is 4.60. The van der Waals surface area contributed by atoms with Crippen LogP contribution in [-0.4, -0.2) is 33.4 Å². The number of anilines is 2. The lowest BCUT2D eigenvalue weighted by Gasteiger charge is -2.11. The molecule has 3 aromatic rings. The second kappa shape index (κ2) is 9.06. The fraction of sp³-hybridized carbons (Fsp3) is 0.200. The molecule has 0 unspecified atom stereocenters. The number of pyridine rings is 1. The van der Waals surface area contributed by atoms with Gasteiger partial charge < -0.3 is 10.2 Å². The minimum absolute atomic E-state index is 0.117. The average Bonchev–Trinajstić information content (AvgIpc) is 3.24. The van der Waals surface area contributed by atoms with E-state index in [0.717, 1.165) is 28.3 Å². The summed E-state index contributed by atoms with van der Waals surface area (Å²) in [7, 11) is 0.264. The summed E-state index contributed by atoms with van der Waals surface area (Å²) < 4.78 is 27.3. The zero-order valence-corrected chi connectivity index (χ0v) is 17.8. The molecule has 1 aromatic carbocycles. The predicted molar refractivity (Wildman–Crippen MR) is 116 cm³/mol.